The van der Waals surface area contributed by atoms with Crippen LogP contribution >= 0.6 is 81.9 Å². The third-order valence-corrected chi connectivity index (χ3v) is 2.15. The summed E-state index contributed by atoms with van der Waals surface area (Å²) in [7, 11) is 1.13. The van der Waals surface area contributed by atoms with Crippen LogP contribution in [0.4, 0.5) is 0 Å². The molecule has 0 saturated heterocycles. The van der Waals surface area contributed by atoms with E-state index in [0.717, 1.165) is 0 Å². The third kappa shape index (κ3) is 12.2. The van der Waals surface area contributed by atoms with Crippen molar-refractivity contribution in [2.24, 2.45) is 0 Å². The van der Waals surface area contributed by atoms with Crippen molar-refractivity contribution >= 4 is 90.9 Å². The molecule has 16 heavy (non-hydrogen) atoms. The molecule has 1 rings (SSSR count). The van der Waals surface area contributed by atoms with E-state index in [1.807, 2.05) is 0 Å². The van der Waals surface area contributed by atoms with Crippen LogP contribution in [-0.4, -0.2) is 8.42 Å². The van der Waals surface area contributed by atoms with Gasteiger partial charge in [-0.3, -0.25) is 0 Å². The Morgan fingerprint density at radius 3 is 1.56 bits per heavy atom. The van der Waals surface area contributed by atoms with E-state index in [0.29, 0.717) is 0 Å². The molecule has 0 N–H and O–H groups in total. The smallest absolute Gasteiger partial charge is 0.294 e. The van der Waals surface area contributed by atoms with E-state index in [9.17, 15) is 8.42 Å². The predicted molar refractivity (Wildman–Crippen MR) is 72.9 cm³/mol. The number of hydrogen-bond donors (Lipinski definition) is 0. The molecule has 0 aliphatic heterocycles. The van der Waals surface area contributed by atoms with Crippen molar-refractivity contribution in [1.82, 2.24) is 0 Å². The Labute approximate surface area is 125 Å². The van der Waals surface area contributed by atoms with Gasteiger partial charge in [-0.25, -0.2) is 8.42 Å². The molecule has 0 fully saturated rings. The molecular formula is C4H2Cl7O3PS. The second-order valence-electron chi connectivity index (χ2n) is 2.14. The second kappa shape index (κ2) is 5.77. The molecule has 0 aliphatic rings. The van der Waals surface area contributed by atoms with Crippen LogP contribution in [-0.2, 0) is 9.05 Å². The summed E-state index contributed by atoms with van der Waals surface area (Å²) in [6, 6.07) is 2.49. The van der Waals surface area contributed by atoms with Gasteiger partial charge >= 0.3 is 59.6 Å². The van der Waals surface area contributed by atoms with Crippen molar-refractivity contribution in [3.8, 4) is 0 Å². The van der Waals surface area contributed by atoms with Crippen LogP contribution in [0.2, 0.25) is 5.22 Å². The van der Waals surface area contributed by atoms with Crippen LogP contribution in [0.3, 0.4) is 0 Å². The number of halogens is 7. The summed E-state index contributed by atoms with van der Waals surface area (Å²) in [6.07, 6.45) is 0. The maximum Gasteiger partial charge on any atom is 0.294 e. The normalized spacial score (nSPS) is 14.6. The molecular weight excluding hydrogens is 407 g/mol. The number of rotatable bonds is 1. The Morgan fingerprint density at radius 2 is 1.44 bits per heavy atom. The average Bonchev–Trinajstić information content (AvgIpc) is 2.27. The monoisotopic (exact) mass is 406 g/mol. The van der Waals surface area contributed by atoms with Crippen LogP contribution < -0.4 is 0 Å². The molecule has 0 bridgehead atoms. The maximum absolute atomic E-state index is 10.5. The molecule has 1 heterocycles. The van der Waals surface area contributed by atoms with Crippen LogP contribution in [0.15, 0.2) is 21.6 Å². The van der Waals surface area contributed by atoms with E-state index in [1.165, 1.54) is 12.1 Å². The first-order chi connectivity index (χ1) is 6.74. The van der Waals surface area contributed by atoms with E-state index in [1.54, 1.807) is 0 Å². The molecule has 0 aromatic carbocycles. The largest absolute Gasteiger partial charge is 0.432 e. The Hall–Kier alpha value is 1.69. The molecule has 0 unspecified atom stereocenters. The van der Waals surface area contributed by atoms with Gasteiger partial charge in [0.15, 0.2) is 5.22 Å². The van der Waals surface area contributed by atoms with Gasteiger partial charge in [0.2, 0.25) is 5.09 Å². The molecule has 1 aromatic rings. The van der Waals surface area contributed by atoms with Gasteiger partial charge < -0.3 is 4.42 Å². The van der Waals surface area contributed by atoms with Crippen LogP contribution in [0.25, 0.3) is 0 Å². The second-order valence-corrected chi connectivity index (χ2v) is 21.6. The molecule has 0 radical (unpaired) electrons. The van der Waals surface area contributed by atoms with Gasteiger partial charge in [-0.15, -0.1) is 0 Å². The van der Waals surface area contributed by atoms with Crippen LogP contribution in [0.1, 0.15) is 0 Å². The zero-order valence-electron chi connectivity index (χ0n) is 6.88. The minimum absolute atomic E-state index is 0.000718. The first-order valence-corrected chi connectivity index (χ1v) is 12.5. The Morgan fingerprint density at radius 1 is 1.06 bits per heavy atom. The summed E-state index contributed by atoms with van der Waals surface area (Å²) in [5.74, 6) is 0. The molecule has 3 nitrogen and oxygen atoms in total. The first-order valence-electron chi connectivity index (χ1n) is 3.04. The molecule has 0 spiro atoms. The molecule has 1 aromatic heterocycles. The minimum atomic E-state index is -3.76. The molecule has 0 atom stereocenters. The quantitative estimate of drug-likeness (QED) is 0.412. The third-order valence-electron chi connectivity index (χ3n) is 0.789. The van der Waals surface area contributed by atoms with E-state index in [4.69, 9.17) is 78.5 Å². The average molecular weight is 409 g/mol. The first kappa shape index (κ1) is 17.7. The fraction of sp³-hybridized carbons (Fsp3) is 0. The minimum Gasteiger partial charge on any atom is -0.432 e. The van der Waals surface area contributed by atoms with Crippen LogP contribution in [0, 0.1) is 0 Å². The Bertz CT molecular complexity index is 441. The van der Waals surface area contributed by atoms with E-state index >= 15 is 0 Å². The Kier molecular flexibility index (Phi) is 6.38. The van der Waals surface area contributed by atoms with Crippen molar-refractivity contribution < 1.29 is 12.8 Å². The van der Waals surface area contributed by atoms with E-state index < -0.39 is 12.4 Å². The fourth-order valence-electron chi connectivity index (χ4n) is 0.429. The van der Waals surface area contributed by atoms with Crippen molar-refractivity contribution in [2.75, 3.05) is 0 Å². The summed E-state index contributed by atoms with van der Waals surface area (Å²) in [6.45, 7) is 0. The zero-order valence-corrected chi connectivity index (χ0v) is 13.9. The van der Waals surface area contributed by atoms with Gasteiger partial charge in [0.25, 0.3) is 9.05 Å². The summed E-state index contributed by atoms with van der Waals surface area (Å²) in [4.78, 5) is 0. The van der Waals surface area contributed by atoms with Crippen molar-refractivity contribution in [3.63, 3.8) is 0 Å². The summed E-state index contributed by atoms with van der Waals surface area (Å²) in [5, 5.41) is -0.335. The van der Waals surface area contributed by atoms with Crippen molar-refractivity contribution in [1.29, 1.82) is 0 Å². The van der Waals surface area contributed by atoms with Gasteiger partial charge in [0.1, 0.15) is 0 Å². The standard InChI is InChI=1S/C4H2Cl2O3S.Cl5P/c5-3-1-2-4(9-3)10(6,7)8;1-6(2,3,4)5/h1-2H;. The molecule has 96 valence electrons. The van der Waals surface area contributed by atoms with Crippen molar-refractivity contribution in [2.45, 2.75) is 5.09 Å². The van der Waals surface area contributed by atoms with Gasteiger partial charge in [-0.2, -0.15) is 0 Å². The van der Waals surface area contributed by atoms with Gasteiger partial charge in [0, 0.05) is 10.7 Å². The zero-order chi connectivity index (χ0) is 13.2. The van der Waals surface area contributed by atoms with Gasteiger partial charge in [0.05, 0.1) is 0 Å². The molecule has 0 saturated carbocycles. The van der Waals surface area contributed by atoms with Crippen molar-refractivity contribution in [3.05, 3.63) is 17.4 Å². The summed E-state index contributed by atoms with van der Waals surface area (Å²) >= 11 is 30.2. The molecule has 12 heteroatoms. The summed E-state index contributed by atoms with van der Waals surface area (Å²) < 4.78 is 21.7. The van der Waals surface area contributed by atoms with E-state index in [2.05, 4.69) is 4.42 Å². The Balaban J connectivity index is 0.000000325. The topological polar surface area (TPSA) is 47.3 Å². The number of hydrogen-bond acceptors (Lipinski definition) is 3. The SMILES string of the molecule is ClP(Cl)(Cl)(Cl)Cl.O=S(=O)(Cl)c1ccc(Cl)o1. The van der Waals surface area contributed by atoms with Gasteiger partial charge in [-0.1, -0.05) is 0 Å². The van der Waals surface area contributed by atoms with Crippen LogP contribution in [0.5, 0.6) is 0 Å². The molecule has 0 amide bonds. The fourth-order valence-corrected chi connectivity index (χ4v) is 1.29. The number of furan rings is 1. The predicted octanol–water partition coefficient (Wildman–Crippen LogP) is 6.17. The molecule has 0 aliphatic carbocycles. The summed E-state index contributed by atoms with van der Waals surface area (Å²) in [5.41, 5.74) is 0. The van der Waals surface area contributed by atoms with Gasteiger partial charge in [-0.05, 0) is 23.7 Å². The maximum atomic E-state index is 10.5. The van der Waals surface area contributed by atoms with E-state index in [-0.39, 0.29) is 10.3 Å².